The molecule has 0 aliphatic carbocycles. The molecule has 0 saturated heterocycles. The number of amides is 1. The van der Waals surface area contributed by atoms with Crippen LogP contribution in [-0.4, -0.2) is 25.5 Å². The Morgan fingerprint density at radius 1 is 1.07 bits per heavy atom. The zero-order chi connectivity index (χ0) is 19.5. The van der Waals surface area contributed by atoms with Crippen LogP contribution in [0.2, 0.25) is 10.0 Å². The molecule has 4 aromatic rings. The highest BCUT2D eigenvalue weighted by Crippen LogP contribution is 2.25. The number of nitrogens with one attached hydrogen (secondary N) is 1. The number of hydrogen-bond acceptors (Lipinski definition) is 3. The molecule has 6 nitrogen and oxygen atoms in total. The summed E-state index contributed by atoms with van der Waals surface area (Å²) in [6.07, 6.45) is 5.53. The molecule has 28 heavy (non-hydrogen) atoms. The SMILES string of the molecule is O=C(NCc1cccc(Cl)c1)c1cc(Cl)c2cn(CCn3cccn3)nc2c1. The fourth-order valence-electron chi connectivity index (χ4n) is 2.94. The predicted molar refractivity (Wildman–Crippen MR) is 110 cm³/mol. The van der Waals surface area contributed by atoms with Crippen molar-refractivity contribution in [1.29, 1.82) is 0 Å². The Kier molecular flexibility index (Phi) is 5.32. The van der Waals surface area contributed by atoms with Gasteiger partial charge in [0.15, 0.2) is 0 Å². The molecule has 0 spiro atoms. The zero-order valence-electron chi connectivity index (χ0n) is 14.8. The lowest BCUT2D eigenvalue weighted by molar-refractivity contribution is 0.0951. The van der Waals surface area contributed by atoms with E-state index < -0.39 is 0 Å². The van der Waals surface area contributed by atoms with Crippen molar-refractivity contribution >= 4 is 40.0 Å². The van der Waals surface area contributed by atoms with E-state index >= 15 is 0 Å². The van der Waals surface area contributed by atoms with Crippen LogP contribution in [0.3, 0.4) is 0 Å². The predicted octanol–water partition coefficient (Wildman–Crippen LogP) is 4.17. The first-order valence-corrected chi connectivity index (χ1v) is 9.51. The Hall–Kier alpha value is -2.83. The summed E-state index contributed by atoms with van der Waals surface area (Å²) in [5.74, 6) is -0.213. The minimum atomic E-state index is -0.213. The number of fused-ring (bicyclic) bond motifs is 1. The van der Waals surface area contributed by atoms with E-state index in [4.69, 9.17) is 23.2 Å². The molecule has 0 atom stereocenters. The van der Waals surface area contributed by atoms with E-state index in [9.17, 15) is 4.79 Å². The standard InChI is InChI=1S/C20H17Cl2N5O/c21-16-4-1-3-14(9-16)12-23-20(28)15-10-18(22)17-13-27(25-19(17)11-15)8-7-26-6-2-5-24-26/h1-6,9-11,13H,7-8,12H2,(H,23,28). The average Bonchev–Trinajstić information content (AvgIpc) is 3.34. The lowest BCUT2D eigenvalue weighted by atomic mass is 10.1. The Balaban J connectivity index is 1.48. The first-order valence-electron chi connectivity index (χ1n) is 8.75. The van der Waals surface area contributed by atoms with E-state index in [0.717, 1.165) is 10.9 Å². The van der Waals surface area contributed by atoms with Gasteiger partial charge in [0.25, 0.3) is 5.91 Å². The van der Waals surface area contributed by atoms with Gasteiger partial charge in [-0.1, -0.05) is 35.3 Å². The number of carbonyl (C=O) groups is 1. The minimum absolute atomic E-state index is 0.213. The average molecular weight is 414 g/mol. The van der Waals surface area contributed by atoms with Crippen LogP contribution in [0, 0.1) is 0 Å². The molecule has 0 fully saturated rings. The van der Waals surface area contributed by atoms with Crippen LogP contribution < -0.4 is 5.32 Å². The quantitative estimate of drug-likeness (QED) is 0.515. The van der Waals surface area contributed by atoms with E-state index in [1.54, 1.807) is 24.4 Å². The van der Waals surface area contributed by atoms with Gasteiger partial charge < -0.3 is 5.32 Å². The number of hydrogen-bond donors (Lipinski definition) is 1. The van der Waals surface area contributed by atoms with Gasteiger partial charge >= 0.3 is 0 Å². The van der Waals surface area contributed by atoms with Crippen LogP contribution in [0.1, 0.15) is 15.9 Å². The Morgan fingerprint density at radius 3 is 2.71 bits per heavy atom. The molecule has 8 heteroatoms. The second-order valence-corrected chi connectivity index (χ2v) is 7.21. The zero-order valence-corrected chi connectivity index (χ0v) is 16.4. The summed E-state index contributed by atoms with van der Waals surface area (Å²) in [6.45, 7) is 1.74. The van der Waals surface area contributed by atoms with Gasteiger partial charge in [0.05, 0.1) is 23.6 Å². The topological polar surface area (TPSA) is 64.7 Å². The Labute approximate surface area is 171 Å². The Morgan fingerprint density at radius 2 is 1.93 bits per heavy atom. The lowest BCUT2D eigenvalue weighted by Crippen LogP contribution is -2.22. The third-order valence-corrected chi connectivity index (χ3v) is 4.89. The van der Waals surface area contributed by atoms with Crippen molar-refractivity contribution < 1.29 is 4.79 Å². The van der Waals surface area contributed by atoms with Crippen molar-refractivity contribution in [1.82, 2.24) is 24.9 Å². The summed E-state index contributed by atoms with van der Waals surface area (Å²) in [6, 6.07) is 12.7. The van der Waals surface area contributed by atoms with Gasteiger partial charge in [0.1, 0.15) is 0 Å². The minimum Gasteiger partial charge on any atom is -0.348 e. The van der Waals surface area contributed by atoms with E-state index in [2.05, 4.69) is 15.5 Å². The number of halogens is 2. The number of aromatic nitrogens is 4. The molecule has 2 heterocycles. The van der Waals surface area contributed by atoms with Crippen molar-refractivity contribution in [2.45, 2.75) is 19.6 Å². The van der Waals surface area contributed by atoms with Crippen molar-refractivity contribution in [2.75, 3.05) is 0 Å². The molecule has 4 rings (SSSR count). The van der Waals surface area contributed by atoms with E-state index in [1.165, 1.54) is 0 Å². The molecule has 0 unspecified atom stereocenters. The number of benzene rings is 2. The summed E-state index contributed by atoms with van der Waals surface area (Å²) < 4.78 is 3.65. The Bertz CT molecular complexity index is 1120. The highest BCUT2D eigenvalue weighted by molar-refractivity contribution is 6.35. The maximum Gasteiger partial charge on any atom is 0.251 e. The monoisotopic (exact) mass is 413 g/mol. The van der Waals surface area contributed by atoms with Crippen LogP contribution >= 0.6 is 23.2 Å². The fourth-order valence-corrected chi connectivity index (χ4v) is 3.42. The number of carbonyl (C=O) groups excluding carboxylic acids is 1. The normalized spacial score (nSPS) is 11.1. The van der Waals surface area contributed by atoms with Gasteiger partial charge in [0.2, 0.25) is 0 Å². The molecular formula is C20H17Cl2N5O. The lowest BCUT2D eigenvalue weighted by Gasteiger charge is -2.06. The first kappa shape index (κ1) is 18.5. The highest BCUT2D eigenvalue weighted by Gasteiger charge is 2.12. The van der Waals surface area contributed by atoms with Gasteiger partial charge in [0, 0.05) is 41.1 Å². The molecule has 2 aromatic carbocycles. The van der Waals surface area contributed by atoms with Gasteiger partial charge in [-0.3, -0.25) is 14.2 Å². The summed E-state index contributed by atoms with van der Waals surface area (Å²) in [4.78, 5) is 12.5. The van der Waals surface area contributed by atoms with Crippen molar-refractivity contribution in [3.63, 3.8) is 0 Å². The second kappa shape index (κ2) is 8.04. The fraction of sp³-hybridized carbons (Fsp3) is 0.150. The van der Waals surface area contributed by atoms with Crippen LogP contribution in [0.5, 0.6) is 0 Å². The molecule has 1 amide bonds. The molecule has 0 bridgehead atoms. The van der Waals surface area contributed by atoms with E-state index in [-0.39, 0.29) is 5.91 Å². The maximum absolute atomic E-state index is 12.5. The van der Waals surface area contributed by atoms with Crippen LogP contribution in [0.15, 0.2) is 61.1 Å². The van der Waals surface area contributed by atoms with Crippen LogP contribution in [-0.2, 0) is 19.6 Å². The number of rotatable bonds is 6. The van der Waals surface area contributed by atoms with Crippen LogP contribution in [0.4, 0.5) is 0 Å². The maximum atomic E-state index is 12.5. The molecule has 0 radical (unpaired) electrons. The molecule has 0 saturated carbocycles. The largest absolute Gasteiger partial charge is 0.348 e. The van der Waals surface area contributed by atoms with E-state index in [1.807, 2.05) is 46.0 Å². The second-order valence-electron chi connectivity index (χ2n) is 6.36. The summed E-state index contributed by atoms with van der Waals surface area (Å²) in [5, 5.41) is 13.5. The molecule has 142 valence electrons. The summed E-state index contributed by atoms with van der Waals surface area (Å²) >= 11 is 12.4. The number of aryl methyl sites for hydroxylation is 2. The molecule has 0 aliphatic rings. The van der Waals surface area contributed by atoms with Crippen molar-refractivity contribution in [3.8, 4) is 0 Å². The van der Waals surface area contributed by atoms with E-state index in [0.29, 0.717) is 40.8 Å². The first-order chi connectivity index (χ1) is 13.6. The van der Waals surface area contributed by atoms with Gasteiger partial charge in [-0.25, -0.2) is 0 Å². The third kappa shape index (κ3) is 4.18. The highest BCUT2D eigenvalue weighted by atomic mass is 35.5. The summed E-state index contributed by atoms with van der Waals surface area (Å²) in [7, 11) is 0. The van der Waals surface area contributed by atoms with Gasteiger partial charge in [-0.15, -0.1) is 0 Å². The smallest absolute Gasteiger partial charge is 0.251 e. The van der Waals surface area contributed by atoms with Crippen LogP contribution in [0.25, 0.3) is 10.9 Å². The summed E-state index contributed by atoms with van der Waals surface area (Å²) in [5.41, 5.74) is 2.08. The molecular weight excluding hydrogens is 397 g/mol. The van der Waals surface area contributed by atoms with Gasteiger partial charge in [-0.05, 0) is 35.9 Å². The number of nitrogens with zero attached hydrogens (tertiary/aromatic N) is 4. The molecule has 2 aromatic heterocycles. The van der Waals surface area contributed by atoms with Crippen molar-refractivity contribution in [3.05, 3.63) is 82.2 Å². The van der Waals surface area contributed by atoms with Crippen molar-refractivity contribution in [2.24, 2.45) is 0 Å². The van der Waals surface area contributed by atoms with Gasteiger partial charge in [-0.2, -0.15) is 10.2 Å². The third-order valence-electron chi connectivity index (χ3n) is 4.34. The molecule has 0 aliphatic heterocycles. The molecule has 1 N–H and O–H groups in total.